The second kappa shape index (κ2) is 7.65. The van der Waals surface area contributed by atoms with Crippen molar-refractivity contribution in [3.05, 3.63) is 52.5 Å². The Bertz CT molecular complexity index is 745. The molecular weight excluding hydrogens is 316 g/mol. The molecule has 0 heterocycles. The SMILES string of the molecule is COc1cccc(C=NCC(=O)Nc2cccc(Cl)c2C)c1O. The van der Waals surface area contributed by atoms with E-state index in [2.05, 4.69) is 10.3 Å². The number of aliphatic imine (C=N–C) groups is 1. The summed E-state index contributed by atoms with van der Waals surface area (Å²) in [5, 5.41) is 13.3. The van der Waals surface area contributed by atoms with Gasteiger partial charge < -0.3 is 15.2 Å². The monoisotopic (exact) mass is 332 g/mol. The van der Waals surface area contributed by atoms with Crippen molar-refractivity contribution >= 4 is 29.4 Å². The van der Waals surface area contributed by atoms with Crippen LogP contribution in [0, 0.1) is 6.92 Å². The van der Waals surface area contributed by atoms with Crippen LogP contribution in [0.1, 0.15) is 11.1 Å². The van der Waals surface area contributed by atoms with Crippen molar-refractivity contribution in [2.24, 2.45) is 4.99 Å². The predicted octanol–water partition coefficient (Wildman–Crippen LogP) is 3.42. The third kappa shape index (κ3) is 4.23. The quantitative estimate of drug-likeness (QED) is 0.824. The van der Waals surface area contributed by atoms with E-state index in [1.165, 1.54) is 13.3 Å². The van der Waals surface area contributed by atoms with Crippen molar-refractivity contribution in [3.8, 4) is 11.5 Å². The molecule has 0 bridgehead atoms. The Morgan fingerprint density at radius 1 is 1.35 bits per heavy atom. The Labute approximate surface area is 139 Å². The zero-order valence-electron chi connectivity index (χ0n) is 12.8. The first-order valence-corrected chi connectivity index (χ1v) is 7.31. The number of rotatable bonds is 5. The molecule has 0 spiro atoms. The number of anilines is 1. The molecule has 0 radical (unpaired) electrons. The summed E-state index contributed by atoms with van der Waals surface area (Å²) in [6.07, 6.45) is 1.43. The summed E-state index contributed by atoms with van der Waals surface area (Å²) < 4.78 is 5.01. The highest BCUT2D eigenvalue weighted by atomic mass is 35.5. The van der Waals surface area contributed by atoms with Gasteiger partial charge in [0.05, 0.1) is 7.11 Å². The first-order valence-electron chi connectivity index (χ1n) is 6.93. The van der Waals surface area contributed by atoms with Gasteiger partial charge in [0.25, 0.3) is 0 Å². The van der Waals surface area contributed by atoms with Gasteiger partial charge in [-0.2, -0.15) is 0 Å². The molecule has 0 aliphatic heterocycles. The maximum absolute atomic E-state index is 11.9. The van der Waals surface area contributed by atoms with Gasteiger partial charge >= 0.3 is 0 Å². The fourth-order valence-corrected chi connectivity index (χ4v) is 2.14. The number of nitrogens with zero attached hydrogens (tertiary/aromatic N) is 1. The number of aromatic hydroxyl groups is 1. The van der Waals surface area contributed by atoms with Gasteiger partial charge in [0.1, 0.15) is 6.54 Å². The molecule has 2 aromatic rings. The van der Waals surface area contributed by atoms with E-state index in [9.17, 15) is 9.90 Å². The molecule has 0 fully saturated rings. The second-order valence-electron chi connectivity index (χ2n) is 4.83. The first kappa shape index (κ1) is 16.8. The fraction of sp³-hybridized carbons (Fsp3) is 0.176. The van der Waals surface area contributed by atoms with Gasteiger partial charge in [-0.1, -0.05) is 23.7 Å². The number of nitrogens with one attached hydrogen (secondary N) is 1. The molecule has 6 heteroatoms. The van der Waals surface area contributed by atoms with E-state index in [1.54, 1.807) is 36.4 Å². The summed E-state index contributed by atoms with van der Waals surface area (Å²) in [5.41, 5.74) is 1.94. The number of hydrogen-bond acceptors (Lipinski definition) is 4. The van der Waals surface area contributed by atoms with Gasteiger partial charge in [0, 0.05) is 22.5 Å². The summed E-state index contributed by atoms with van der Waals surface area (Å²) in [5.74, 6) is 0.0757. The van der Waals surface area contributed by atoms with E-state index < -0.39 is 0 Å². The van der Waals surface area contributed by atoms with E-state index in [0.29, 0.717) is 22.0 Å². The zero-order valence-corrected chi connectivity index (χ0v) is 13.6. The number of halogens is 1. The predicted molar refractivity (Wildman–Crippen MR) is 91.9 cm³/mol. The lowest BCUT2D eigenvalue weighted by Gasteiger charge is -2.08. The maximum Gasteiger partial charge on any atom is 0.246 e. The normalized spacial score (nSPS) is 10.7. The number of hydrogen-bond donors (Lipinski definition) is 2. The number of carbonyl (C=O) groups is 1. The Kier molecular flexibility index (Phi) is 5.60. The minimum atomic E-state index is -0.269. The van der Waals surface area contributed by atoms with Crippen LogP contribution in [0.4, 0.5) is 5.69 Å². The van der Waals surface area contributed by atoms with Gasteiger partial charge in [-0.05, 0) is 36.8 Å². The molecule has 0 atom stereocenters. The lowest BCUT2D eigenvalue weighted by Crippen LogP contribution is -2.15. The van der Waals surface area contributed by atoms with E-state index in [0.717, 1.165) is 5.56 Å². The first-order chi connectivity index (χ1) is 11.0. The second-order valence-corrected chi connectivity index (χ2v) is 5.24. The standard InChI is InChI=1S/C17H17ClN2O3/c1-11-13(18)6-4-7-14(11)20-16(21)10-19-9-12-5-3-8-15(23-2)17(12)22/h3-9,22H,10H2,1-2H3,(H,20,21). The number of carbonyl (C=O) groups excluding carboxylic acids is 1. The summed E-state index contributed by atoms with van der Waals surface area (Å²) in [6.45, 7) is 1.76. The lowest BCUT2D eigenvalue weighted by atomic mass is 10.2. The lowest BCUT2D eigenvalue weighted by molar-refractivity contribution is -0.114. The van der Waals surface area contributed by atoms with Crippen LogP contribution in [0.5, 0.6) is 11.5 Å². The number of amides is 1. The average molecular weight is 333 g/mol. The molecule has 0 aliphatic rings. The van der Waals surface area contributed by atoms with E-state index >= 15 is 0 Å². The number of ether oxygens (including phenoxy) is 1. The topological polar surface area (TPSA) is 70.9 Å². The molecule has 0 aliphatic carbocycles. The number of benzene rings is 2. The van der Waals surface area contributed by atoms with Crippen molar-refractivity contribution in [1.29, 1.82) is 0 Å². The van der Waals surface area contributed by atoms with Gasteiger partial charge in [0.15, 0.2) is 11.5 Å². The molecular formula is C17H17ClN2O3. The number of phenols is 1. The van der Waals surface area contributed by atoms with Crippen LogP contribution >= 0.6 is 11.6 Å². The van der Waals surface area contributed by atoms with E-state index in [-0.39, 0.29) is 18.2 Å². The summed E-state index contributed by atoms with van der Waals surface area (Å²) in [6, 6.07) is 10.4. The number of phenolic OH excluding ortho intramolecular Hbond substituents is 1. The van der Waals surface area contributed by atoms with Gasteiger partial charge in [-0.3, -0.25) is 9.79 Å². The Balaban J connectivity index is 2.00. The van der Waals surface area contributed by atoms with Crippen LogP contribution in [-0.2, 0) is 4.79 Å². The van der Waals surface area contributed by atoms with Gasteiger partial charge in [-0.15, -0.1) is 0 Å². The highest BCUT2D eigenvalue weighted by molar-refractivity contribution is 6.31. The molecule has 120 valence electrons. The maximum atomic E-state index is 11.9. The molecule has 5 nitrogen and oxygen atoms in total. The molecule has 0 aromatic heterocycles. The van der Waals surface area contributed by atoms with Crippen molar-refractivity contribution < 1.29 is 14.6 Å². The summed E-state index contributed by atoms with van der Waals surface area (Å²) >= 11 is 6.01. The molecule has 0 saturated heterocycles. The highest BCUT2D eigenvalue weighted by Crippen LogP contribution is 2.28. The summed E-state index contributed by atoms with van der Waals surface area (Å²) in [7, 11) is 1.47. The minimum absolute atomic E-state index is 0.00940. The van der Waals surface area contributed by atoms with Crippen LogP contribution in [0.15, 0.2) is 41.4 Å². The van der Waals surface area contributed by atoms with Crippen molar-refractivity contribution in [1.82, 2.24) is 0 Å². The Morgan fingerprint density at radius 2 is 2.09 bits per heavy atom. The number of para-hydroxylation sites is 1. The molecule has 2 rings (SSSR count). The largest absolute Gasteiger partial charge is 0.504 e. The van der Waals surface area contributed by atoms with Crippen molar-refractivity contribution in [2.75, 3.05) is 19.0 Å². The molecule has 0 saturated carbocycles. The Hall–Kier alpha value is -2.53. The molecule has 0 unspecified atom stereocenters. The van der Waals surface area contributed by atoms with Crippen LogP contribution < -0.4 is 10.1 Å². The van der Waals surface area contributed by atoms with Crippen molar-refractivity contribution in [2.45, 2.75) is 6.92 Å². The molecule has 2 aromatic carbocycles. The fourth-order valence-electron chi connectivity index (χ4n) is 1.97. The third-order valence-corrected chi connectivity index (χ3v) is 3.67. The summed E-state index contributed by atoms with van der Waals surface area (Å²) in [4.78, 5) is 16.0. The highest BCUT2D eigenvalue weighted by Gasteiger charge is 2.07. The van der Waals surface area contributed by atoms with Crippen LogP contribution in [0.3, 0.4) is 0 Å². The van der Waals surface area contributed by atoms with Crippen LogP contribution in [0.2, 0.25) is 5.02 Å². The van der Waals surface area contributed by atoms with Crippen LogP contribution in [-0.4, -0.2) is 30.9 Å². The molecule has 2 N–H and O–H groups in total. The zero-order chi connectivity index (χ0) is 16.8. The number of methoxy groups -OCH3 is 1. The third-order valence-electron chi connectivity index (χ3n) is 3.26. The average Bonchev–Trinajstić information content (AvgIpc) is 2.53. The molecule has 23 heavy (non-hydrogen) atoms. The van der Waals surface area contributed by atoms with Gasteiger partial charge in [-0.25, -0.2) is 0 Å². The Morgan fingerprint density at radius 3 is 2.83 bits per heavy atom. The van der Waals surface area contributed by atoms with E-state index in [1.807, 2.05) is 6.92 Å². The smallest absolute Gasteiger partial charge is 0.246 e. The minimum Gasteiger partial charge on any atom is -0.504 e. The van der Waals surface area contributed by atoms with Crippen LogP contribution in [0.25, 0.3) is 0 Å². The van der Waals surface area contributed by atoms with Gasteiger partial charge in [0.2, 0.25) is 5.91 Å². The molecule has 1 amide bonds. The van der Waals surface area contributed by atoms with E-state index in [4.69, 9.17) is 16.3 Å². The van der Waals surface area contributed by atoms with Crippen molar-refractivity contribution in [3.63, 3.8) is 0 Å².